The lowest BCUT2D eigenvalue weighted by atomic mass is 9.93. The van der Waals surface area contributed by atoms with E-state index in [0.29, 0.717) is 0 Å². The molecule has 0 N–H and O–H groups in total. The minimum atomic E-state index is 1.23. The third-order valence-corrected chi connectivity index (χ3v) is 10.8. The van der Waals surface area contributed by atoms with E-state index < -0.39 is 0 Å². The Kier molecular flexibility index (Phi) is 5.25. The lowest BCUT2D eigenvalue weighted by Crippen LogP contribution is -1.85. The van der Waals surface area contributed by atoms with Crippen molar-refractivity contribution < 1.29 is 0 Å². The maximum Gasteiger partial charge on any atom is 0.0440 e. The third kappa shape index (κ3) is 3.78. The summed E-state index contributed by atoms with van der Waals surface area (Å²) in [6, 6.07) is 58.5. The molecule has 0 nitrogen and oxygen atoms in total. The first kappa shape index (κ1) is 24.9. The maximum absolute atomic E-state index is 2.40. The third-order valence-electron chi connectivity index (χ3n) is 9.62. The van der Waals surface area contributed by atoms with Crippen molar-refractivity contribution in [2.24, 2.45) is 0 Å². The molecule has 0 saturated heterocycles. The second kappa shape index (κ2) is 9.50. The van der Waals surface area contributed by atoms with Crippen LogP contribution in [-0.2, 0) is 0 Å². The van der Waals surface area contributed by atoms with Crippen LogP contribution < -0.4 is 0 Å². The standard InChI is InChI=1S/C44H26S/c1-2-9-35-27(6-1)18-22-37-36(35)21-19-28-13-16-33(25-40(28)37)31-7-5-8-32(24-31)34-17-14-29-12-15-30-20-23-39-38-10-3-4-11-42(38)45-44(39)43(30)41(29)26-34/h1-26H. The summed E-state index contributed by atoms with van der Waals surface area (Å²) in [5.74, 6) is 0. The van der Waals surface area contributed by atoms with Crippen LogP contribution in [0.5, 0.6) is 0 Å². The first-order valence-electron chi connectivity index (χ1n) is 15.5. The van der Waals surface area contributed by atoms with Crippen molar-refractivity contribution in [2.45, 2.75) is 0 Å². The summed E-state index contributed by atoms with van der Waals surface area (Å²) in [6.07, 6.45) is 0. The zero-order valence-corrected chi connectivity index (χ0v) is 25.2. The molecule has 10 rings (SSSR count). The van der Waals surface area contributed by atoms with Crippen LogP contribution in [0.25, 0.3) is 96.3 Å². The number of hydrogen-bond donors (Lipinski definition) is 0. The SMILES string of the molecule is c1cc(-c2ccc3ccc4c5ccccc5ccc4c3c2)cc(-c2ccc3ccc4ccc5c6ccccc6sc5c4c3c2)c1. The van der Waals surface area contributed by atoms with E-state index in [0.717, 1.165) is 0 Å². The van der Waals surface area contributed by atoms with Crippen molar-refractivity contribution in [3.05, 3.63) is 158 Å². The monoisotopic (exact) mass is 586 g/mol. The molecule has 0 radical (unpaired) electrons. The molecule has 0 saturated carbocycles. The van der Waals surface area contributed by atoms with Gasteiger partial charge in [0.15, 0.2) is 0 Å². The highest BCUT2D eigenvalue weighted by molar-refractivity contribution is 7.26. The summed E-state index contributed by atoms with van der Waals surface area (Å²) in [5, 5.41) is 15.7. The first-order valence-corrected chi connectivity index (χ1v) is 16.3. The van der Waals surface area contributed by atoms with Gasteiger partial charge < -0.3 is 0 Å². The fourth-order valence-electron chi connectivity index (χ4n) is 7.37. The van der Waals surface area contributed by atoms with E-state index >= 15 is 0 Å². The van der Waals surface area contributed by atoms with E-state index in [4.69, 9.17) is 0 Å². The predicted molar refractivity (Wildman–Crippen MR) is 198 cm³/mol. The summed E-state index contributed by atoms with van der Waals surface area (Å²) < 4.78 is 2.72. The van der Waals surface area contributed by atoms with Crippen LogP contribution in [0, 0.1) is 0 Å². The van der Waals surface area contributed by atoms with Crippen molar-refractivity contribution in [1.29, 1.82) is 0 Å². The highest BCUT2D eigenvalue weighted by Crippen LogP contribution is 2.42. The largest absolute Gasteiger partial charge is 0.135 e. The predicted octanol–water partition coefficient (Wildman–Crippen LogP) is 13.2. The second-order valence-electron chi connectivity index (χ2n) is 12.1. The Labute approximate surface area is 264 Å². The molecule has 0 aliphatic carbocycles. The topological polar surface area (TPSA) is 0 Å². The van der Waals surface area contributed by atoms with E-state index in [9.17, 15) is 0 Å². The Morgan fingerprint density at radius 3 is 1.64 bits per heavy atom. The Hall–Kier alpha value is -5.50. The van der Waals surface area contributed by atoms with Crippen LogP contribution in [0.2, 0.25) is 0 Å². The minimum absolute atomic E-state index is 1.23. The molecule has 1 aromatic heterocycles. The van der Waals surface area contributed by atoms with Gasteiger partial charge in [-0.3, -0.25) is 0 Å². The molecule has 0 spiro atoms. The highest BCUT2D eigenvalue weighted by Gasteiger charge is 2.13. The molecule has 9 aromatic carbocycles. The van der Waals surface area contributed by atoms with Gasteiger partial charge in [-0.1, -0.05) is 133 Å². The Morgan fingerprint density at radius 2 is 0.822 bits per heavy atom. The molecular weight excluding hydrogens is 561 g/mol. The molecule has 0 aliphatic heterocycles. The average Bonchev–Trinajstić information content (AvgIpc) is 3.49. The fourth-order valence-corrected chi connectivity index (χ4v) is 8.65. The smallest absolute Gasteiger partial charge is 0.0440 e. The van der Waals surface area contributed by atoms with E-state index in [1.807, 2.05) is 11.3 Å². The Bertz CT molecular complexity index is 2820. The number of benzene rings is 9. The molecule has 0 bridgehead atoms. The van der Waals surface area contributed by atoms with Gasteiger partial charge >= 0.3 is 0 Å². The molecule has 0 fully saturated rings. The Morgan fingerprint density at radius 1 is 0.289 bits per heavy atom. The van der Waals surface area contributed by atoms with Gasteiger partial charge in [0.25, 0.3) is 0 Å². The summed E-state index contributed by atoms with van der Waals surface area (Å²) in [6.45, 7) is 0. The van der Waals surface area contributed by atoms with Gasteiger partial charge in [-0.05, 0) is 95.0 Å². The van der Waals surface area contributed by atoms with Gasteiger partial charge in [0, 0.05) is 25.6 Å². The van der Waals surface area contributed by atoms with Crippen LogP contribution in [0.3, 0.4) is 0 Å². The molecule has 1 heteroatoms. The molecule has 1 heterocycles. The Balaban J connectivity index is 1.14. The second-order valence-corrected chi connectivity index (χ2v) is 13.2. The van der Waals surface area contributed by atoms with Gasteiger partial charge in [0.2, 0.25) is 0 Å². The van der Waals surface area contributed by atoms with Crippen molar-refractivity contribution in [3.63, 3.8) is 0 Å². The van der Waals surface area contributed by atoms with E-state index in [-0.39, 0.29) is 0 Å². The number of fused-ring (bicyclic) bond motifs is 12. The van der Waals surface area contributed by atoms with Crippen LogP contribution in [0.15, 0.2) is 158 Å². The van der Waals surface area contributed by atoms with Crippen LogP contribution >= 0.6 is 11.3 Å². The van der Waals surface area contributed by atoms with Crippen LogP contribution in [0.4, 0.5) is 0 Å². The lowest BCUT2D eigenvalue weighted by molar-refractivity contribution is 1.62. The average molecular weight is 587 g/mol. The lowest BCUT2D eigenvalue weighted by Gasteiger charge is -2.12. The molecular formula is C44H26S. The maximum atomic E-state index is 2.40. The van der Waals surface area contributed by atoms with Crippen molar-refractivity contribution in [1.82, 2.24) is 0 Å². The quantitative estimate of drug-likeness (QED) is 0.177. The van der Waals surface area contributed by atoms with Crippen molar-refractivity contribution in [2.75, 3.05) is 0 Å². The van der Waals surface area contributed by atoms with Crippen LogP contribution in [-0.4, -0.2) is 0 Å². The van der Waals surface area contributed by atoms with Crippen LogP contribution in [0.1, 0.15) is 0 Å². The van der Waals surface area contributed by atoms with E-state index in [1.54, 1.807) is 0 Å². The number of rotatable bonds is 2. The number of thiophene rings is 1. The van der Waals surface area contributed by atoms with Crippen molar-refractivity contribution >= 4 is 85.4 Å². The summed E-state index contributed by atoms with van der Waals surface area (Å²) >= 11 is 1.91. The van der Waals surface area contributed by atoms with E-state index in [2.05, 4.69) is 158 Å². The van der Waals surface area contributed by atoms with Gasteiger partial charge in [-0.2, -0.15) is 0 Å². The summed E-state index contributed by atoms with van der Waals surface area (Å²) in [4.78, 5) is 0. The van der Waals surface area contributed by atoms with Gasteiger partial charge in [0.1, 0.15) is 0 Å². The van der Waals surface area contributed by atoms with Gasteiger partial charge in [-0.15, -0.1) is 11.3 Å². The highest BCUT2D eigenvalue weighted by atomic mass is 32.1. The van der Waals surface area contributed by atoms with Gasteiger partial charge in [-0.25, -0.2) is 0 Å². The molecule has 0 amide bonds. The van der Waals surface area contributed by atoms with E-state index in [1.165, 1.54) is 96.3 Å². The van der Waals surface area contributed by atoms with Gasteiger partial charge in [0.05, 0.1) is 0 Å². The molecule has 0 aliphatic rings. The normalized spacial score (nSPS) is 12.0. The zero-order chi connectivity index (χ0) is 29.5. The molecule has 208 valence electrons. The zero-order valence-electron chi connectivity index (χ0n) is 24.4. The molecule has 10 aromatic rings. The number of hydrogen-bond acceptors (Lipinski definition) is 1. The molecule has 45 heavy (non-hydrogen) atoms. The molecule has 0 unspecified atom stereocenters. The fraction of sp³-hybridized carbons (Fsp3) is 0. The molecule has 0 atom stereocenters. The minimum Gasteiger partial charge on any atom is -0.135 e. The first-order chi connectivity index (χ1) is 22.3. The summed E-state index contributed by atoms with van der Waals surface area (Å²) in [5.41, 5.74) is 4.95. The summed E-state index contributed by atoms with van der Waals surface area (Å²) in [7, 11) is 0. The van der Waals surface area contributed by atoms with Crippen molar-refractivity contribution in [3.8, 4) is 22.3 Å².